The molecular formula is C7H12N2O2. The fraction of sp³-hybridized carbons (Fsp3) is 0.714. The first-order valence-electron chi connectivity index (χ1n) is 3.72. The van der Waals surface area contributed by atoms with E-state index < -0.39 is 0 Å². The second-order valence-electron chi connectivity index (χ2n) is 2.61. The van der Waals surface area contributed by atoms with Crippen LogP contribution in [-0.4, -0.2) is 36.3 Å². The van der Waals surface area contributed by atoms with E-state index >= 15 is 0 Å². The number of carbonyl (C=O) groups is 2. The standard InChI is InChI=1S/C7H12N2O2/c1-6(10)9-4-2-7(11)8-3-5-9/h2-5H2,1H3,(H,8,11). The first-order valence-corrected chi connectivity index (χ1v) is 3.72. The Kier molecular flexibility index (Phi) is 2.46. The maximum absolute atomic E-state index is 10.8. The summed E-state index contributed by atoms with van der Waals surface area (Å²) in [7, 11) is 0. The van der Waals surface area contributed by atoms with Crippen molar-refractivity contribution in [2.75, 3.05) is 19.6 Å². The SMILES string of the molecule is CC(=O)N1CCNC(=O)CC1. The van der Waals surface area contributed by atoms with Gasteiger partial charge in [0, 0.05) is 33.0 Å². The van der Waals surface area contributed by atoms with E-state index in [-0.39, 0.29) is 11.8 Å². The van der Waals surface area contributed by atoms with E-state index in [1.807, 2.05) is 0 Å². The van der Waals surface area contributed by atoms with Crippen molar-refractivity contribution in [3.8, 4) is 0 Å². The van der Waals surface area contributed by atoms with Gasteiger partial charge in [-0.05, 0) is 0 Å². The lowest BCUT2D eigenvalue weighted by molar-refractivity contribution is -0.128. The molecule has 1 saturated heterocycles. The van der Waals surface area contributed by atoms with Crippen LogP contribution in [0.25, 0.3) is 0 Å². The molecule has 1 fully saturated rings. The molecule has 0 aromatic carbocycles. The summed E-state index contributed by atoms with van der Waals surface area (Å²) in [5.74, 6) is 0.0789. The highest BCUT2D eigenvalue weighted by Gasteiger charge is 2.14. The van der Waals surface area contributed by atoms with Crippen LogP contribution in [0, 0.1) is 0 Å². The zero-order valence-corrected chi connectivity index (χ0v) is 6.59. The van der Waals surface area contributed by atoms with E-state index in [2.05, 4.69) is 5.32 Å². The molecule has 0 saturated carbocycles. The van der Waals surface area contributed by atoms with Crippen LogP contribution in [0.5, 0.6) is 0 Å². The highest BCUT2D eigenvalue weighted by Crippen LogP contribution is 1.95. The Balaban J connectivity index is 2.46. The largest absolute Gasteiger partial charge is 0.354 e. The molecule has 4 nitrogen and oxygen atoms in total. The first-order chi connectivity index (χ1) is 5.20. The maximum Gasteiger partial charge on any atom is 0.221 e. The number of rotatable bonds is 0. The number of nitrogens with zero attached hydrogens (tertiary/aromatic N) is 1. The van der Waals surface area contributed by atoms with E-state index in [1.165, 1.54) is 6.92 Å². The third-order valence-corrected chi connectivity index (χ3v) is 1.76. The van der Waals surface area contributed by atoms with Gasteiger partial charge >= 0.3 is 0 Å². The molecule has 0 aromatic heterocycles. The lowest BCUT2D eigenvalue weighted by Gasteiger charge is -2.16. The van der Waals surface area contributed by atoms with Gasteiger partial charge in [-0.3, -0.25) is 9.59 Å². The molecule has 0 aliphatic carbocycles. The Bertz CT molecular complexity index is 179. The number of hydrogen-bond donors (Lipinski definition) is 1. The van der Waals surface area contributed by atoms with Gasteiger partial charge in [-0.1, -0.05) is 0 Å². The van der Waals surface area contributed by atoms with Crippen LogP contribution < -0.4 is 5.32 Å². The second-order valence-corrected chi connectivity index (χ2v) is 2.61. The second kappa shape index (κ2) is 3.37. The minimum atomic E-state index is 0.0359. The van der Waals surface area contributed by atoms with Crippen molar-refractivity contribution in [3.05, 3.63) is 0 Å². The van der Waals surface area contributed by atoms with Gasteiger partial charge in [0.1, 0.15) is 0 Å². The molecule has 1 rings (SSSR count). The van der Waals surface area contributed by atoms with Crippen LogP contribution >= 0.6 is 0 Å². The van der Waals surface area contributed by atoms with E-state index in [0.29, 0.717) is 26.1 Å². The van der Waals surface area contributed by atoms with Crippen molar-refractivity contribution in [1.29, 1.82) is 0 Å². The Morgan fingerprint density at radius 3 is 2.91 bits per heavy atom. The van der Waals surface area contributed by atoms with E-state index in [4.69, 9.17) is 0 Å². The molecular weight excluding hydrogens is 144 g/mol. The van der Waals surface area contributed by atoms with Crippen molar-refractivity contribution in [2.45, 2.75) is 13.3 Å². The van der Waals surface area contributed by atoms with Crippen LogP contribution in [0.2, 0.25) is 0 Å². The van der Waals surface area contributed by atoms with Gasteiger partial charge < -0.3 is 10.2 Å². The van der Waals surface area contributed by atoms with Crippen molar-refractivity contribution in [1.82, 2.24) is 10.2 Å². The minimum absolute atomic E-state index is 0.0359. The third-order valence-electron chi connectivity index (χ3n) is 1.76. The lowest BCUT2D eigenvalue weighted by Crippen LogP contribution is -2.32. The molecule has 1 aliphatic rings. The molecule has 4 heteroatoms. The molecule has 0 atom stereocenters. The number of amides is 2. The molecule has 11 heavy (non-hydrogen) atoms. The Morgan fingerprint density at radius 1 is 1.55 bits per heavy atom. The summed E-state index contributed by atoms with van der Waals surface area (Å²) in [4.78, 5) is 23.3. The summed E-state index contributed by atoms with van der Waals surface area (Å²) in [6.07, 6.45) is 0.430. The average Bonchev–Trinajstić information content (AvgIpc) is 2.13. The summed E-state index contributed by atoms with van der Waals surface area (Å²) in [5, 5.41) is 2.70. The predicted molar refractivity (Wildman–Crippen MR) is 39.9 cm³/mol. The van der Waals surface area contributed by atoms with Gasteiger partial charge in [0.15, 0.2) is 0 Å². The van der Waals surface area contributed by atoms with E-state index in [0.717, 1.165) is 0 Å². The number of hydrogen-bond acceptors (Lipinski definition) is 2. The summed E-state index contributed by atoms with van der Waals surface area (Å²) in [6, 6.07) is 0. The lowest BCUT2D eigenvalue weighted by atomic mass is 10.4. The zero-order chi connectivity index (χ0) is 8.27. The molecule has 0 radical (unpaired) electrons. The Morgan fingerprint density at radius 2 is 2.27 bits per heavy atom. The van der Waals surface area contributed by atoms with Crippen molar-refractivity contribution < 1.29 is 9.59 Å². The highest BCUT2D eigenvalue weighted by atomic mass is 16.2. The van der Waals surface area contributed by atoms with Gasteiger partial charge in [-0.2, -0.15) is 0 Å². The van der Waals surface area contributed by atoms with E-state index in [1.54, 1.807) is 4.90 Å². The molecule has 1 N–H and O–H groups in total. The number of carbonyl (C=O) groups excluding carboxylic acids is 2. The molecule has 0 unspecified atom stereocenters. The first kappa shape index (κ1) is 8.04. The predicted octanol–water partition coefficient (Wildman–Crippen LogP) is -0.645. The highest BCUT2D eigenvalue weighted by molar-refractivity contribution is 5.78. The van der Waals surface area contributed by atoms with Crippen LogP contribution in [0.3, 0.4) is 0 Å². The number of nitrogens with one attached hydrogen (secondary N) is 1. The normalized spacial score (nSPS) is 19.0. The summed E-state index contributed by atoms with van der Waals surface area (Å²) in [5.41, 5.74) is 0. The smallest absolute Gasteiger partial charge is 0.221 e. The van der Waals surface area contributed by atoms with Crippen LogP contribution in [0.4, 0.5) is 0 Å². The Labute approximate surface area is 65.6 Å². The van der Waals surface area contributed by atoms with Crippen LogP contribution in [0.1, 0.15) is 13.3 Å². The fourth-order valence-electron chi connectivity index (χ4n) is 1.08. The zero-order valence-electron chi connectivity index (χ0n) is 6.59. The van der Waals surface area contributed by atoms with Gasteiger partial charge in [-0.25, -0.2) is 0 Å². The quantitative estimate of drug-likeness (QED) is 0.507. The molecule has 0 spiro atoms. The average molecular weight is 156 g/mol. The molecule has 2 amide bonds. The van der Waals surface area contributed by atoms with Gasteiger partial charge in [0.2, 0.25) is 11.8 Å². The third kappa shape index (κ3) is 2.22. The van der Waals surface area contributed by atoms with Crippen LogP contribution in [0.15, 0.2) is 0 Å². The molecule has 1 heterocycles. The summed E-state index contributed by atoms with van der Waals surface area (Å²) < 4.78 is 0. The van der Waals surface area contributed by atoms with Crippen molar-refractivity contribution >= 4 is 11.8 Å². The molecule has 0 bridgehead atoms. The van der Waals surface area contributed by atoms with Gasteiger partial charge in [-0.15, -0.1) is 0 Å². The fourth-order valence-corrected chi connectivity index (χ4v) is 1.08. The van der Waals surface area contributed by atoms with Crippen molar-refractivity contribution in [2.24, 2.45) is 0 Å². The maximum atomic E-state index is 10.8. The summed E-state index contributed by atoms with van der Waals surface area (Å²) in [6.45, 7) is 3.30. The summed E-state index contributed by atoms with van der Waals surface area (Å²) >= 11 is 0. The molecule has 0 aromatic rings. The van der Waals surface area contributed by atoms with Gasteiger partial charge in [0.25, 0.3) is 0 Å². The van der Waals surface area contributed by atoms with Crippen molar-refractivity contribution in [3.63, 3.8) is 0 Å². The topological polar surface area (TPSA) is 49.4 Å². The Hall–Kier alpha value is -1.06. The monoisotopic (exact) mass is 156 g/mol. The van der Waals surface area contributed by atoms with E-state index in [9.17, 15) is 9.59 Å². The molecule has 62 valence electrons. The minimum Gasteiger partial charge on any atom is -0.354 e. The van der Waals surface area contributed by atoms with Crippen LogP contribution in [-0.2, 0) is 9.59 Å². The van der Waals surface area contributed by atoms with Gasteiger partial charge in [0.05, 0.1) is 0 Å². The molecule has 1 aliphatic heterocycles.